The van der Waals surface area contributed by atoms with E-state index in [2.05, 4.69) is 0 Å². The zero-order chi connectivity index (χ0) is 10.9. The van der Waals surface area contributed by atoms with Gasteiger partial charge in [-0.2, -0.15) is 0 Å². The van der Waals surface area contributed by atoms with Crippen LogP contribution in [0, 0.1) is 0 Å². The predicted octanol–water partition coefficient (Wildman–Crippen LogP) is 1.52. The lowest BCUT2D eigenvalue weighted by Gasteiger charge is -2.32. The normalized spacial score (nSPS) is 12.0. The van der Waals surface area contributed by atoms with Crippen LogP contribution in [-0.4, -0.2) is 37.5 Å². The third-order valence-electron chi connectivity index (χ3n) is 1.73. The Morgan fingerprint density at radius 1 is 0.929 bits per heavy atom. The number of aliphatic hydroxyl groups is 1. The molecule has 1 N–H and O–H groups in total. The van der Waals surface area contributed by atoms with Crippen LogP contribution in [-0.2, 0) is 14.2 Å². The van der Waals surface area contributed by atoms with Crippen LogP contribution >= 0.6 is 0 Å². The van der Waals surface area contributed by atoms with Crippen molar-refractivity contribution >= 4 is 0 Å². The lowest BCUT2D eigenvalue weighted by atomic mass is 10.3. The van der Waals surface area contributed by atoms with E-state index in [4.69, 9.17) is 19.3 Å². The first-order valence-corrected chi connectivity index (χ1v) is 5.27. The average molecular weight is 206 g/mol. The summed E-state index contributed by atoms with van der Waals surface area (Å²) >= 11 is 0. The Balaban J connectivity index is 4.21. The summed E-state index contributed by atoms with van der Waals surface area (Å²) in [7, 11) is 0. The molecule has 0 aliphatic carbocycles. The summed E-state index contributed by atoms with van der Waals surface area (Å²) < 4.78 is 16.4. The molecule has 0 aromatic rings. The quantitative estimate of drug-likeness (QED) is 0.581. The first-order valence-electron chi connectivity index (χ1n) is 5.27. The highest BCUT2D eigenvalue weighted by Crippen LogP contribution is 2.21. The lowest BCUT2D eigenvalue weighted by Crippen LogP contribution is -2.39. The minimum atomic E-state index is -0.957. The van der Waals surface area contributed by atoms with Crippen molar-refractivity contribution in [3.05, 3.63) is 0 Å². The van der Waals surface area contributed by atoms with Crippen LogP contribution in [0.3, 0.4) is 0 Å². The fourth-order valence-electron chi connectivity index (χ4n) is 1.30. The van der Waals surface area contributed by atoms with Crippen LogP contribution in [0.1, 0.15) is 33.6 Å². The van der Waals surface area contributed by atoms with Gasteiger partial charge < -0.3 is 19.3 Å². The summed E-state index contributed by atoms with van der Waals surface area (Å²) in [5.41, 5.74) is 0. The Morgan fingerprint density at radius 2 is 1.36 bits per heavy atom. The van der Waals surface area contributed by atoms with E-state index >= 15 is 0 Å². The van der Waals surface area contributed by atoms with Crippen molar-refractivity contribution in [2.45, 2.75) is 39.6 Å². The van der Waals surface area contributed by atoms with Crippen molar-refractivity contribution in [2.75, 3.05) is 26.4 Å². The zero-order valence-corrected chi connectivity index (χ0v) is 9.41. The van der Waals surface area contributed by atoms with Crippen molar-refractivity contribution in [1.29, 1.82) is 0 Å². The SMILES string of the molecule is CCOC(CCCO)(OCC)OCC. The lowest BCUT2D eigenvalue weighted by molar-refractivity contribution is -0.380. The van der Waals surface area contributed by atoms with E-state index in [1.165, 1.54) is 0 Å². The molecule has 0 rings (SSSR count). The van der Waals surface area contributed by atoms with E-state index in [0.29, 0.717) is 32.7 Å². The Bertz CT molecular complexity index is 110. The molecule has 14 heavy (non-hydrogen) atoms. The highest BCUT2D eigenvalue weighted by Gasteiger charge is 2.31. The largest absolute Gasteiger partial charge is 0.396 e. The van der Waals surface area contributed by atoms with Gasteiger partial charge in [-0.3, -0.25) is 0 Å². The molecule has 0 atom stereocenters. The monoisotopic (exact) mass is 206 g/mol. The summed E-state index contributed by atoms with van der Waals surface area (Å²) in [5, 5.41) is 8.77. The predicted molar refractivity (Wildman–Crippen MR) is 53.9 cm³/mol. The fourth-order valence-corrected chi connectivity index (χ4v) is 1.30. The van der Waals surface area contributed by atoms with E-state index in [9.17, 15) is 0 Å². The molecule has 0 aromatic heterocycles. The first-order chi connectivity index (χ1) is 6.74. The van der Waals surface area contributed by atoms with Gasteiger partial charge in [0.1, 0.15) is 0 Å². The molecule has 0 amide bonds. The maximum atomic E-state index is 8.77. The smallest absolute Gasteiger partial charge is 0.282 e. The molecule has 0 saturated carbocycles. The van der Waals surface area contributed by atoms with E-state index in [-0.39, 0.29) is 6.61 Å². The van der Waals surface area contributed by atoms with Crippen molar-refractivity contribution in [1.82, 2.24) is 0 Å². The molecule has 0 aliphatic heterocycles. The summed E-state index contributed by atoms with van der Waals surface area (Å²) in [4.78, 5) is 0. The van der Waals surface area contributed by atoms with Crippen LogP contribution in [0.2, 0.25) is 0 Å². The molecule has 0 fully saturated rings. The van der Waals surface area contributed by atoms with Crippen LogP contribution < -0.4 is 0 Å². The summed E-state index contributed by atoms with van der Waals surface area (Å²) in [6.45, 7) is 7.40. The molecule has 4 nitrogen and oxygen atoms in total. The topological polar surface area (TPSA) is 47.9 Å². The van der Waals surface area contributed by atoms with Crippen LogP contribution in [0.25, 0.3) is 0 Å². The number of hydrogen-bond acceptors (Lipinski definition) is 4. The van der Waals surface area contributed by atoms with Gasteiger partial charge in [-0.25, -0.2) is 0 Å². The minimum Gasteiger partial charge on any atom is -0.396 e. The van der Waals surface area contributed by atoms with Crippen molar-refractivity contribution in [3.63, 3.8) is 0 Å². The van der Waals surface area contributed by atoms with Crippen LogP contribution in [0.4, 0.5) is 0 Å². The van der Waals surface area contributed by atoms with E-state index < -0.39 is 5.97 Å². The van der Waals surface area contributed by atoms with Gasteiger partial charge in [-0.05, 0) is 27.2 Å². The highest BCUT2D eigenvalue weighted by molar-refractivity contribution is 4.57. The standard InChI is InChI=1S/C10H22O4/c1-4-12-10(13-5-2,14-6-3)8-7-9-11/h11H,4-9H2,1-3H3. The second-order valence-electron chi connectivity index (χ2n) is 2.81. The van der Waals surface area contributed by atoms with Gasteiger partial charge in [0.15, 0.2) is 0 Å². The van der Waals surface area contributed by atoms with Crippen LogP contribution in [0.5, 0.6) is 0 Å². The molecule has 0 aliphatic rings. The number of rotatable bonds is 9. The van der Waals surface area contributed by atoms with E-state index in [0.717, 1.165) is 0 Å². The molecule has 0 radical (unpaired) electrons. The second kappa shape index (κ2) is 8.17. The number of hydrogen-bond donors (Lipinski definition) is 1. The number of ether oxygens (including phenoxy) is 3. The maximum Gasteiger partial charge on any atom is 0.282 e. The third kappa shape index (κ3) is 4.91. The molecular weight excluding hydrogens is 184 g/mol. The highest BCUT2D eigenvalue weighted by atomic mass is 16.9. The Morgan fingerprint density at radius 3 is 1.64 bits per heavy atom. The zero-order valence-electron chi connectivity index (χ0n) is 9.41. The Labute approximate surface area is 86.2 Å². The summed E-state index contributed by atoms with van der Waals surface area (Å²) in [5.74, 6) is -0.957. The Kier molecular flexibility index (Phi) is 8.08. The molecule has 0 unspecified atom stereocenters. The van der Waals surface area contributed by atoms with Gasteiger partial charge in [-0.1, -0.05) is 0 Å². The first kappa shape index (κ1) is 13.8. The second-order valence-corrected chi connectivity index (χ2v) is 2.81. The van der Waals surface area contributed by atoms with Crippen molar-refractivity contribution < 1.29 is 19.3 Å². The molecule has 0 saturated heterocycles. The van der Waals surface area contributed by atoms with Gasteiger partial charge in [0.05, 0.1) is 0 Å². The molecule has 86 valence electrons. The molecule has 0 heterocycles. The fraction of sp³-hybridized carbons (Fsp3) is 1.00. The number of aliphatic hydroxyl groups excluding tert-OH is 1. The van der Waals surface area contributed by atoms with E-state index in [1.54, 1.807) is 0 Å². The molecule has 4 heteroatoms. The van der Waals surface area contributed by atoms with Crippen LogP contribution in [0.15, 0.2) is 0 Å². The van der Waals surface area contributed by atoms with Crippen molar-refractivity contribution in [2.24, 2.45) is 0 Å². The maximum absolute atomic E-state index is 8.77. The van der Waals surface area contributed by atoms with Gasteiger partial charge in [0.25, 0.3) is 5.97 Å². The van der Waals surface area contributed by atoms with E-state index in [1.807, 2.05) is 20.8 Å². The van der Waals surface area contributed by atoms with Crippen molar-refractivity contribution in [3.8, 4) is 0 Å². The molecule has 0 bridgehead atoms. The van der Waals surface area contributed by atoms with Gasteiger partial charge in [0.2, 0.25) is 0 Å². The third-order valence-corrected chi connectivity index (χ3v) is 1.73. The minimum absolute atomic E-state index is 0.120. The molecule has 0 aromatic carbocycles. The van der Waals surface area contributed by atoms with Gasteiger partial charge in [-0.15, -0.1) is 0 Å². The molecule has 0 spiro atoms. The average Bonchev–Trinajstić information content (AvgIpc) is 2.16. The molecular formula is C10H22O4. The van der Waals surface area contributed by atoms with Gasteiger partial charge in [0, 0.05) is 32.8 Å². The van der Waals surface area contributed by atoms with Gasteiger partial charge >= 0.3 is 0 Å². The Hall–Kier alpha value is -0.160. The summed E-state index contributed by atoms with van der Waals surface area (Å²) in [6, 6.07) is 0. The summed E-state index contributed by atoms with van der Waals surface area (Å²) in [6.07, 6.45) is 1.17.